The van der Waals surface area contributed by atoms with Gasteiger partial charge in [-0.25, -0.2) is 0 Å². The third-order valence-electron chi connectivity index (χ3n) is 1.97. The fourth-order valence-corrected chi connectivity index (χ4v) is 1.34. The summed E-state index contributed by atoms with van der Waals surface area (Å²) >= 11 is 6.02. The molecule has 86 valence electrons. The van der Waals surface area contributed by atoms with Crippen LogP contribution in [0.4, 0.5) is 0 Å². The second-order valence-electron chi connectivity index (χ2n) is 3.58. The normalized spacial score (nSPS) is 11.3. The Morgan fingerprint density at radius 1 is 1.50 bits per heavy atom. The van der Waals surface area contributed by atoms with Gasteiger partial charge in [-0.2, -0.15) is 0 Å². The summed E-state index contributed by atoms with van der Waals surface area (Å²) in [5.74, 6) is 0.596. The molecule has 0 unspecified atom stereocenters. The van der Waals surface area contributed by atoms with Gasteiger partial charge in [0.05, 0.1) is 10.7 Å². The van der Waals surface area contributed by atoms with E-state index in [-0.39, 0.29) is 0 Å². The molecule has 0 spiro atoms. The van der Waals surface area contributed by atoms with Crippen molar-refractivity contribution in [3.8, 4) is 5.75 Å². The summed E-state index contributed by atoms with van der Waals surface area (Å²) in [4.78, 5) is 0. The Hall–Kier alpha value is -1.48. The number of rotatable bonds is 4. The molecule has 1 aromatic carbocycles. The molecule has 0 saturated carbocycles. The molecular weight excluding hydrogens is 226 g/mol. The minimum Gasteiger partial charge on any atom is -0.488 e. The van der Waals surface area contributed by atoms with Crippen molar-refractivity contribution in [2.24, 2.45) is 5.16 Å². The molecule has 16 heavy (non-hydrogen) atoms. The van der Waals surface area contributed by atoms with Crippen LogP contribution in [0.2, 0.25) is 5.02 Å². The quantitative estimate of drug-likeness (QED) is 0.378. The molecule has 0 amide bonds. The SMILES string of the molecule is C=C(C)COc1ccc(/C(C)=N/O)cc1Cl. The lowest BCUT2D eigenvalue weighted by Crippen LogP contribution is -2.00. The predicted octanol–water partition coefficient (Wildman–Crippen LogP) is 3.49. The zero-order valence-electron chi connectivity index (χ0n) is 9.33. The van der Waals surface area contributed by atoms with Gasteiger partial charge in [0.1, 0.15) is 12.4 Å². The van der Waals surface area contributed by atoms with Crippen molar-refractivity contribution < 1.29 is 9.94 Å². The van der Waals surface area contributed by atoms with Gasteiger partial charge >= 0.3 is 0 Å². The maximum Gasteiger partial charge on any atom is 0.138 e. The average molecular weight is 240 g/mol. The molecule has 0 aliphatic carbocycles. The van der Waals surface area contributed by atoms with Crippen LogP contribution in [0.3, 0.4) is 0 Å². The molecular formula is C12H14ClNO2. The van der Waals surface area contributed by atoms with Gasteiger partial charge in [-0.1, -0.05) is 23.3 Å². The molecule has 1 rings (SSSR count). The number of ether oxygens (including phenoxy) is 1. The summed E-state index contributed by atoms with van der Waals surface area (Å²) < 4.78 is 5.43. The first kappa shape index (κ1) is 12.6. The second-order valence-corrected chi connectivity index (χ2v) is 3.98. The molecule has 1 aromatic rings. The Kier molecular flexibility index (Phi) is 4.38. The lowest BCUT2D eigenvalue weighted by atomic mass is 10.1. The van der Waals surface area contributed by atoms with E-state index in [4.69, 9.17) is 21.5 Å². The van der Waals surface area contributed by atoms with Crippen molar-refractivity contribution in [2.45, 2.75) is 13.8 Å². The molecule has 3 nitrogen and oxygen atoms in total. The van der Waals surface area contributed by atoms with Crippen LogP contribution in [0, 0.1) is 0 Å². The van der Waals surface area contributed by atoms with Crippen molar-refractivity contribution in [2.75, 3.05) is 6.61 Å². The average Bonchev–Trinajstić information content (AvgIpc) is 2.26. The third-order valence-corrected chi connectivity index (χ3v) is 2.27. The van der Waals surface area contributed by atoms with E-state index in [9.17, 15) is 0 Å². The molecule has 0 atom stereocenters. The van der Waals surface area contributed by atoms with Crippen LogP contribution in [0.1, 0.15) is 19.4 Å². The molecule has 1 N–H and O–H groups in total. The highest BCUT2D eigenvalue weighted by molar-refractivity contribution is 6.32. The van der Waals surface area contributed by atoms with E-state index in [2.05, 4.69) is 11.7 Å². The van der Waals surface area contributed by atoms with E-state index in [1.54, 1.807) is 25.1 Å². The lowest BCUT2D eigenvalue weighted by molar-refractivity contribution is 0.319. The third kappa shape index (κ3) is 3.28. The van der Waals surface area contributed by atoms with E-state index >= 15 is 0 Å². The van der Waals surface area contributed by atoms with E-state index in [0.717, 1.165) is 11.1 Å². The monoisotopic (exact) mass is 239 g/mol. The van der Waals surface area contributed by atoms with Crippen LogP contribution in [0.25, 0.3) is 0 Å². The van der Waals surface area contributed by atoms with Gasteiger partial charge in [-0.15, -0.1) is 0 Å². The smallest absolute Gasteiger partial charge is 0.138 e. The topological polar surface area (TPSA) is 41.8 Å². The van der Waals surface area contributed by atoms with Crippen molar-refractivity contribution in [1.29, 1.82) is 0 Å². The molecule has 4 heteroatoms. The molecule has 0 heterocycles. The van der Waals surface area contributed by atoms with Crippen LogP contribution < -0.4 is 4.74 Å². The summed E-state index contributed by atoms with van der Waals surface area (Å²) in [7, 11) is 0. The van der Waals surface area contributed by atoms with Crippen molar-refractivity contribution >= 4 is 17.3 Å². The largest absolute Gasteiger partial charge is 0.488 e. The van der Waals surface area contributed by atoms with Gasteiger partial charge in [-0.3, -0.25) is 0 Å². The van der Waals surface area contributed by atoms with Crippen molar-refractivity contribution in [1.82, 2.24) is 0 Å². The number of hydrogen-bond acceptors (Lipinski definition) is 3. The number of nitrogens with zero attached hydrogens (tertiary/aromatic N) is 1. The summed E-state index contributed by atoms with van der Waals surface area (Å²) in [6, 6.07) is 5.23. The maximum atomic E-state index is 8.63. The second kappa shape index (κ2) is 5.56. The van der Waals surface area contributed by atoms with Crippen LogP contribution >= 0.6 is 11.6 Å². The summed E-state index contributed by atoms with van der Waals surface area (Å²) in [5, 5.41) is 12.2. The van der Waals surface area contributed by atoms with Crippen LogP contribution in [0.15, 0.2) is 35.5 Å². The summed E-state index contributed by atoms with van der Waals surface area (Å²) in [6.45, 7) is 7.75. The number of benzene rings is 1. The van der Waals surface area contributed by atoms with E-state index in [1.165, 1.54) is 0 Å². The van der Waals surface area contributed by atoms with Gasteiger partial charge in [0.15, 0.2) is 0 Å². The Labute approximate surface area is 100.0 Å². The standard InChI is InChI=1S/C12H14ClNO2/c1-8(2)7-16-12-5-4-10(6-11(12)13)9(3)14-15/h4-6,15H,1,7H2,2-3H3/b14-9+. The summed E-state index contributed by atoms with van der Waals surface area (Å²) in [6.07, 6.45) is 0. The molecule has 0 fully saturated rings. The zero-order valence-corrected chi connectivity index (χ0v) is 10.1. The van der Waals surface area contributed by atoms with E-state index in [1.807, 2.05) is 6.92 Å². The van der Waals surface area contributed by atoms with Crippen LogP contribution in [-0.2, 0) is 0 Å². The maximum absolute atomic E-state index is 8.63. The minimum absolute atomic E-state index is 0.437. The zero-order chi connectivity index (χ0) is 12.1. The first-order chi connectivity index (χ1) is 7.54. The molecule has 0 aromatic heterocycles. The fourth-order valence-electron chi connectivity index (χ4n) is 1.10. The molecule has 0 bridgehead atoms. The summed E-state index contributed by atoms with van der Waals surface area (Å²) in [5.41, 5.74) is 2.19. The Morgan fingerprint density at radius 2 is 2.19 bits per heavy atom. The minimum atomic E-state index is 0.437. The van der Waals surface area contributed by atoms with E-state index < -0.39 is 0 Å². The highest BCUT2D eigenvalue weighted by Crippen LogP contribution is 2.26. The highest BCUT2D eigenvalue weighted by Gasteiger charge is 2.05. The van der Waals surface area contributed by atoms with Crippen molar-refractivity contribution in [3.63, 3.8) is 0 Å². The van der Waals surface area contributed by atoms with Gasteiger partial charge in [-0.05, 0) is 37.6 Å². The number of oxime groups is 1. The van der Waals surface area contributed by atoms with Gasteiger partial charge in [0.25, 0.3) is 0 Å². The first-order valence-electron chi connectivity index (χ1n) is 4.80. The lowest BCUT2D eigenvalue weighted by Gasteiger charge is -2.08. The number of hydrogen-bond donors (Lipinski definition) is 1. The highest BCUT2D eigenvalue weighted by atomic mass is 35.5. The number of halogens is 1. The Morgan fingerprint density at radius 3 is 2.69 bits per heavy atom. The predicted molar refractivity (Wildman–Crippen MR) is 65.8 cm³/mol. The molecule has 0 aliphatic heterocycles. The van der Waals surface area contributed by atoms with E-state index in [0.29, 0.717) is 23.1 Å². The van der Waals surface area contributed by atoms with Crippen LogP contribution in [0.5, 0.6) is 5.75 Å². The van der Waals surface area contributed by atoms with Gasteiger partial charge in [0.2, 0.25) is 0 Å². The Balaban J connectivity index is 2.87. The molecule has 0 aliphatic rings. The van der Waals surface area contributed by atoms with Gasteiger partial charge in [0, 0.05) is 5.56 Å². The van der Waals surface area contributed by atoms with Crippen LogP contribution in [-0.4, -0.2) is 17.5 Å². The molecule has 0 saturated heterocycles. The molecule has 0 radical (unpaired) electrons. The van der Waals surface area contributed by atoms with Gasteiger partial charge < -0.3 is 9.94 Å². The Bertz CT molecular complexity index is 427. The fraction of sp³-hybridized carbons (Fsp3) is 0.250. The van der Waals surface area contributed by atoms with Crippen molar-refractivity contribution in [3.05, 3.63) is 40.9 Å². The first-order valence-corrected chi connectivity index (χ1v) is 5.18.